The Bertz CT molecular complexity index is 419. The molecule has 0 bridgehead atoms. The van der Waals surface area contributed by atoms with E-state index in [0.717, 1.165) is 41.5 Å². The maximum Gasteiger partial charge on any atom is 0.122 e. The monoisotopic (exact) mass is 298 g/mol. The Balaban J connectivity index is 2.45. The van der Waals surface area contributed by atoms with Gasteiger partial charge in [0, 0.05) is 24.7 Å². The van der Waals surface area contributed by atoms with Crippen LogP contribution in [0.5, 0.6) is 5.75 Å². The molecule has 20 heavy (non-hydrogen) atoms. The number of ether oxygens (including phenoxy) is 1. The molecule has 1 rings (SSSR count). The third-order valence-corrected chi connectivity index (χ3v) is 3.52. The fourth-order valence-corrected chi connectivity index (χ4v) is 2.36. The highest BCUT2D eigenvalue weighted by Gasteiger charge is 2.09. The van der Waals surface area contributed by atoms with Gasteiger partial charge in [-0.05, 0) is 50.2 Å². The lowest BCUT2D eigenvalue weighted by Gasteiger charge is -2.15. The Morgan fingerprint density at radius 1 is 1.25 bits per heavy atom. The summed E-state index contributed by atoms with van der Waals surface area (Å²) in [6.45, 7) is 9.86. The topological polar surface area (TPSA) is 24.5 Å². The molecular formula is C16H27ClN2O. The molecule has 0 unspecified atom stereocenters. The minimum atomic E-state index is 0.406. The van der Waals surface area contributed by atoms with Gasteiger partial charge in [0.15, 0.2) is 0 Å². The molecule has 0 aliphatic rings. The van der Waals surface area contributed by atoms with Crippen molar-refractivity contribution >= 4 is 11.6 Å². The van der Waals surface area contributed by atoms with Crippen molar-refractivity contribution in [2.45, 2.75) is 26.7 Å². The Morgan fingerprint density at radius 3 is 2.55 bits per heavy atom. The van der Waals surface area contributed by atoms with Crippen LogP contribution in [0.3, 0.4) is 0 Å². The standard InChI is InChI=1S/C16H27ClN2O/c1-12(2)14-11-16(13(3)10-15(14)17)20-9-7-18-6-8-19(4)5/h10-12,18H,6-9H2,1-5H3. The minimum Gasteiger partial charge on any atom is -0.492 e. The second-order valence-corrected chi connectivity index (χ2v) is 6.10. The third kappa shape index (κ3) is 5.70. The summed E-state index contributed by atoms with van der Waals surface area (Å²) < 4.78 is 5.85. The highest BCUT2D eigenvalue weighted by Crippen LogP contribution is 2.31. The maximum atomic E-state index is 6.26. The van der Waals surface area contributed by atoms with Crippen LogP contribution in [0.4, 0.5) is 0 Å². The van der Waals surface area contributed by atoms with E-state index in [4.69, 9.17) is 16.3 Å². The van der Waals surface area contributed by atoms with Crippen molar-refractivity contribution in [3.8, 4) is 5.75 Å². The van der Waals surface area contributed by atoms with Gasteiger partial charge < -0.3 is 15.0 Å². The van der Waals surface area contributed by atoms with E-state index in [-0.39, 0.29) is 0 Å². The van der Waals surface area contributed by atoms with Crippen molar-refractivity contribution < 1.29 is 4.74 Å². The Labute approximate surface area is 128 Å². The number of rotatable bonds is 8. The molecule has 0 radical (unpaired) electrons. The van der Waals surface area contributed by atoms with Gasteiger partial charge in [0.2, 0.25) is 0 Å². The molecular weight excluding hydrogens is 272 g/mol. The smallest absolute Gasteiger partial charge is 0.122 e. The van der Waals surface area contributed by atoms with Crippen molar-refractivity contribution in [2.75, 3.05) is 40.3 Å². The fraction of sp³-hybridized carbons (Fsp3) is 0.625. The minimum absolute atomic E-state index is 0.406. The van der Waals surface area contributed by atoms with Gasteiger partial charge in [-0.3, -0.25) is 0 Å². The van der Waals surface area contributed by atoms with Crippen LogP contribution in [-0.4, -0.2) is 45.2 Å². The van der Waals surface area contributed by atoms with E-state index in [1.165, 1.54) is 0 Å². The summed E-state index contributed by atoms with van der Waals surface area (Å²) in [6.07, 6.45) is 0. The van der Waals surface area contributed by atoms with Crippen LogP contribution in [0.1, 0.15) is 30.9 Å². The summed E-state index contributed by atoms with van der Waals surface area (Å²) in [5.74, 6) is 1.34. The number of nitrogens with zero attached hydrogens (tertiary/aromatic N) is 1. The molecule has 114 valence electrons. The van der Waals surface area contributed by atoms with E-state index in [9.17, 15) is 0 Å². The van der Waals surface area contributed by atoms with Gasteiger partial charge in [-0.1, -0.05) is 25.4 Å². The van der Waals surface area contributed by atoms with Crippen molar-refractivity contribution in [1.82, 2.24) is 10.2 Å². The van der Waals surface area contributed by atoms with Gasteiger partial charge in [-0.2, -0.15) is 0 Å². The molecule has 4 heteroatoms. The lowest BCUT2D eigenvalue weighted by molar-refractivity contribution is 0.306. The SMILES string of the molecule is Cc1cc(Cl)c(C(C)C)cc1OCCNCCN(C)C. The summed E-state index contributed by atoms with van der Waals surface area (Å²) in [7, 11) is 4.14. The van der Waals surface area contributed by atoms with Crippen LogP contribution in [-0.2, 0) is 0 Å². The summed E-state index contributed by atoms with van der Waals surface area (Å²) in [4.78, 5) is 2.16. The van der Waals surface area contributed by atoms with Gasteiger partial charge in [-0.25, -0.2) is 0 Å². The molecule has 0 saturated carbocycles. The highest BCUT2D eigenvalue weighted by atomic mass is 35.5. The molecule has 3 nitrogen and oxygen atoms in total. The number of hydrogen-bond acceptors (Lipinski definition) is 3. The zero-order chi connectivity index (χ0) is 15.1. The predicted octanol–water partition coefficient (Wildman–Crippen LogP) is 3.30. The summed E-state index contributed by atoms with van der Waals surface area (Å²) >= 11 is 6.26. The highest BCUT2D eigenvalue weighted by molar-refractivity contribution is 6.31. The summed E-state index contributed by atoms with van der Waals surface area (Å²) in [5, 5.41) is 4.19. The van der Waals surface area contributed by atoms with Crippen LogP contribution in [0, 0.1) is 6.92 Å². The molecule has 1 N–H and O–H groups in total. The van der Waals surface area contributed by atoms with Crippen LogP contribution >= 0.6 is 11.6 Å². The molecule has 0 aliphatic carbocycles. The number of nitrogens with one attached hydrogen (secondary N) is 1. The molecule has 1 aromatic rings. The van der Waals surface area contributed by atoms with Gasteiger partial charge >= 0.3 is 0 Å². The molecule has 0 fully saturated rings. The van der Waals surface area contributed by atoms with E-state index in [0.29, 0.717) is 12.5 Å². The Kier molecular flexibility index (Phi) is 7.35. The van der Waals surface area contributed by atoms with Crippen LogP contribution < -0.4 is 10.1 Å². The van der Waals surface area contributed by atoms with Crippen molar-refractivity contribution in [1.29, 1.82) is 0 Å². The fourth-order valence-electron chi connectivity index (χ4n) is 1.93. The molecule has 0 atom stereocenters. The second kappa shape index (κ2) is 8.50. The molecule has 0 spiro atoms. The normalized spacial score (nSPS) is 11.4. The molecule has 0 heterocycles. The Morgan fingerprint density at radius 2 is 1.95 bits per heavy atom. The summed E-state index contributed by atoms with van der Waals surface area (Å²) in [6, 6.07) is 4.06. The lowest BCUT2D eigenvalue weighted by atomic mass is 10.0. The first-order valence-electron chi connectivity index (χ1n) is 7.20. The number of halogens is 1. The van der Waals surface area contributed by atoms with Gasteiger partial charge in [0.05, 0.1) is 0 Å². The summed E-state index contributed by atoms with van der Waals surface area (Å²) in [5.41, 5.74) is 2.24. The van der Waals surface area contributed by atoms with Gasteiger partial charge in [-0.15, -0.1) is 0 Å². The van der Waals surface area contributed by atoms with E-state index in [2.05, 4.69) is 44.2 Å². The lowest BCUT2D eigenvalue weighted by Crippen LogP contribution is -2.29. The van der Waals surface area contributed by atoms with E-state index >= 15 is 0 Å². The number of aryl methyl sites for hydroxylation is 1. The van der Waals surface area contributed by atoms with Crippen LogP contribution in [0.15, 0.2) is 12.1 Å². The number of hydrogen-bond donors (Lipinski definition) is 1. The zero-order valence-electron chi connectivity index (χ0n) is 13.3. The van der Waals surface area contributed by atoms with Gasteiger partial charge in [0.25, 0.3) is 0 Å². The third-order valence-electron chi connectivity index (χ3n) is 3.19. The van der Waals surface area contributed by atoms with E-state index in [1.54, 1.807) is 0 Å². The largest absolute Gasteiger partial charge is 0.492 e. The van der Waals surface area contributed by atoms with E-state index < -0.39 is 0 Å². The maximum absolute atomic E-state index is 6.26. The first-order chi connectivity index (χ1) is 9.41. The van der Waals surface area contributed by atoms with Crippen LogP contribution in [0.2, 0.25) is 5.02 Å². The van der Waals surface area contributed by atoms with Crippen molar-refractivity contribution in [3.05, 3.63) is 28.3 Å². The molecule has 1 aromatic carbocycles. The average Bonchev–Trinajstić information content (AvgIpc) is 2.34. The average molecular weight is 299 g/mol. The van der Waals surface area contributed by atoms with Crippen LogP contribution in [0.25, 0.3) is 0 Å². The predicted molar refractivity (Wildman–Crippen MR) is 87.2 cm³/mol. The van der Waals surface area contributed by atoms with Crippen molar-refractivity contribution in [2.24, 2.45) is 0 Å². The van der Waals surface area contributed by atoms with Gasteiger partial charge in [0.1, 0.15) is 12.4 Å². The molecule has 0 aliphatic heterocycles. The van der Waals surface area contributed by atoms with E-state index in [1.807, 2.05) is 13.0 Å². The number of likely N-dealkylation sites (N-methyl/N-ethyl adjacent to an activating group) is 1. The van der Waals surface area contributed by atoms with Crippen molar-refractivity contribution in [3.63, 3.8) is 0 Å². The Hall–Kier alpha value is -0.770. The quantitative estimate of drug-likeness (QED) is 0.745. The first kappa shape index (κ1) is 17.3. The molecule has 0 saturated heterocycles. The second-order valence-electron chi connectivity index (χ2n) is 5.70. The first-order valence-corrected chi connectivity index (χ1v) is 7.58. The number of benzene rings is 1. The molecule has 0 amide bonds. The zero-order valence-corrected chi connectivity index (χ0v) is 14.0. The molecule has 0 aromatic heterocycles.